The molecular formula is C60H85BF3IN10O8S. The summed E-state index contributed by atoms with van der Waals surface area (Å²) in [6.45, 7) is 25.8. The van der Waals surface area contributed by atoms with Gasteiger partial charge in [0.15, 0.2) is 0 Å². The number of halogens is 4. The third-order valence-electron chi connectivity index (χ3n) is 16.9. The first kappa shape index (κ1) is 65.2. The number of aromatic nitrogens is 2. The third-order valence-corrected chi connectivity index (χ3v) is 17.5. The van der Waals surface area contributed by atoms with Gasteiger partial charge in [0.1, 0.15) is 23.3 Å². The molecule has 4 aromatic rings. The number of rotatable bonds is 12. The highest BCUT2D eigenvalue weighted by molar-refractivity contribution is 14.1. The van der Waals surface area contributed by atoms with Gasteiger partial charge in [-0.3, -0.25) is 0 Å². The molecule has 18 nitrogen and oxygen atoms in total. The van der Waals surface area contributed by atoms with Gasteiger partial charge in [0.05, 0.1) is 62.9 Å². The van der Waals surface area contributed by atoms with Crippen molar-refractivity contribution in [3.8, 4) is 11.1 Å². The summed E-state index contributed by atoms with van der Waals surface area (Å²) in [6, 6.07) is 20.3. The number of amides is 4. The van der Waals surface area contributed by atoms with Gasteiger partial charge in [0, 0.05) is 86.9 Å². The fraction of sp³-hybridized carbons (Fsp3) is 0.600. The van der Waals surface area contributed by atoms with Crippen LogP contribution in [-0.2, 0) is 28.3 Å². The molecule has 7 fully saturated rings. The second-order valence-corrected chi connectivity index (χ2v) is 25.0. The molecule has 0 unspecified atom stereocenters. The number of anilines is 6. The van der Waals surface area contributed by atoms with Crippen molar-refractivity contribution in [3.63, 3.8) is 0 Å². The van der Waals surface area contributed by atoms with E-state index in [9.17, 15) is 22.8 Å². The molecular weight excluding hydrogens is 1220 g/mol. The fourth-order valence-electron chi connectivity index (χ4n) is 11.1. The SMILES string of the molecule is CC[C@@H]1CCN(C(=O)Nc2ccc(C)c(-c3cc(N[C@@H]4CCOC4)nc(N4CCOCC4)c3)c2)C1.Cc1ccc(NC(=O)N2CC[C@@H](CC(F)(F)F)C2)cc1B1OC(C)(C)C(C)(C)O1.Ic1cc(N[C@@H]2CCOC2)nc(N2CCOCC2)c1.S. The molecule has 4 amide bonds. The second kappa shape index (κ2) is 29.2. The maximum atomic E-state index is 12.9. The van der Waals surface area contributed by atoms with Crippen LogP contribution in [0.5, 0.6) is 0 Å². The van der Waals surface area contributed by atoms with E-state index in [1.54, 1.807) is 12.1 Å². The van der Waals surface area contributed by atoms with Crippen molar-refractivity contribution in [3.05, 3.63) is 75.4 Å². The molecule has 11 rings (SSSR count). The Labute approximate surface area is 514 Å². The normalized spacial score (nSPS) is 22.8. The van der Waals surface area contributed by atoms with Crippen molar-refractivity contribution < 1.29 is 51.0 Å². The highest BCUT2D eigenvalue weighted by Gasteiger charge is 2.52. The van der Waals surface area contributed by atoms with Gasteiger partial charge < -0.3 is 69.1 Å². The number of aryl methyl sites for hydroxylation is 2. The van der Waals surface area contributed by atoms with Crippen LogP contribution in [0.15, 0.2) is 60.7 Å². The zero-order valence-corrected chi connectivity index (χ0v) is 52.8. The lowest BCUT2D eigenvalue weighted by molar-refractivity contribution is -0.143. The summed E-state index contributed by atoms with van der Waals surface area (Å²) in [4.78, 5) is 43.0. The Morgan fingerprint density at radius 3 is 1.65 bits per heavy atom. The Morgan fingerprint density at radius 2 is 1.14 bits per heavy atom. The molecule has 2 aromatic heterocycles. The molecule has 84 heavy (non-hydrogen) atoms. The molecule has 24 heteroatoms. The lowest BCUT2D eigenvalue weighted by atomic mass is 9.76. The first-order valence-corrected chi connectivity index (χ1v) is 30.5. The van der Waals surface area contributed by atoms with Crippen molar-refractivity contribution >= 4 is 95.4 Å². The van der Waals surface area contributed by atoms with Crippen LogP contribution >= 0.6 is 36.1 Å². The van der Waals surface area contributed by atoms with Gasteiger partial charge in [-0.1, -0.05) is 31.0 Å². The van der Waals surface area contributed by atoms with Crippen LogP contribution in [0.3, 0.4) is 0 Å². The fourth-order valence-corrected chi connectivity index (χ4v) is 11.7. The number of likely N-dealkylation sites (tertiary alicyclic amines) is 2. The summed E-state index contributed by atoms with van der Waals surface area (Å²) in [7, 11) is -0.556. The molecule has 0 bridgehead atoms. The number of hydrogen-bond acceptors (Lipinski definition) is 14. The van der Waals surface area contributed by atoms with Crippen LogP contribution in [-0.4, -0.2) is 174 Å². The number of nitrogens with one attached hydrogen (secondary N) is 4. The molecule has 460 valence electrons. The second-order valence-electron chi connectivity index (χ2n) is 23.7. The Balaban J connectivity index is 0.000000170. The van der Waals surface area contributed by atoms with Crippen molar-refractivity contribution in [1.82, 2.24) is 19.8 Å². The summed E-state index contributed by atoms with van der Waals surface area (Å²) >= 11 is 2.34. The Hall–Kier alpha value is -4.83. The summed E-state index contributed by atoms with van der Waals surface area (Å²) in [5.41, 5.74) is 5.54. The van der Waals surface area contributed by atoms with Crippen LogP contribution in [0.1, 0.15) is 84.3 Å². The number of pyridine rings is 2. The summed E-state index contributed by atoms with van der Waals surface area (Å²) in [5.74, 6) is 3.86. The lowest BCUT2D eigenvalue weighted by Gasteiger charge is -2.32. The number of urea groups is 2. The van der Waals surface area contributed by atoms with E-state index in [0.717, 1.165) is 155 Å². The average Bonchev–Trinajstić information content (AvgIpc) is 2.22. The predicted molar refractivity (Wildman–Crippen MR) is 339 cm³/mol. The van der Waals surface area contributed by atoms with Gasteiger partial charge in [0.25, 0.3) is 0 Å². The maximum Gasteiger partial charge on any atom is 0.495 e. The van der Waals surface area contributed by atoms with Crippen LogP contribution in [0.2, 0.25) is 0 Å². The van der Waals surface area contributed by atoms with E-state index in [4.69, 9.17) is 38.2 Å². The molecule has 4 atom stereocenters. The number of alkyl halides is 3. The van der Waals surface area contributed by atoms with E-state index in [2.05, 4.69) is 104 Å². The molecule has 4 N–H and O–H groups in total. The number of benzene rings is 2. The van der Waals surface area contributed by atoms with Gasteiger partial charge in [-0.15, -0.1) is 0 Å². The highest BCUT2D eigenvalue weighted by Crippen LogP contribution is 2.38. The van der Waals surface area contributed by atoms with Gasteiger partial charge in [-0.05, 0) is 172 Å². The zero-order chi connectivity index (χ0) is 58.9. The molecule has 0 radical (unpaired) electrons. The topological polar surface area (TPSA) is 176 Å². The molecule has 2 aromatic carbocycles. The number of nitrogens with zero attached hydrogens (tertiary/aromatic N) is 6. The molecule has 0 saturated carbocycles. The predicted octanol–water partition coefficient (Wildman–Crippen LogP) is 10.3. The van der Waals surface area contributed by atoms with Crippen LogP contribution in [0.25, 0.3) is 11.1 Å². The zero-order valence-electron chi connectivity index (χ0n) is 49.7. The molecule has 9 heterocycles. The average molecular weight is 1300 g/mol. The van der Waals surface area contributed by atoms with E-state index >= 15 is 0 Å². The smallest absolute Gasteiger partial charge is 0.399 e. The largest absolute Gasteiger partial charge is 0.495 e. The van der Waals surface area contributed by atoms with Crippen molar-refractivity contribution in [1.29, 1.82) is 0 Å². The number of carbonyl (C=O) groups is 2. The first-order chi connectivity index (χ1) is 39.7. The number of hydrogen-bond donors (Lipinski definition) is 4. The van der Waals surface area contributed by atoms with Crippen molar-refractivity contribution in [2.45, 2.75) is 116 Å². The molecule has 7 aliphatic heterocycles. The maximum absolute atomic E-state index is 12.9. The standard InChI is InChI=1S/C27H37N5O3.C20H28BF3N2O3.C13H18IN3O2.H2S/c1-3-20-6-8-32(17-20)27(33)29-22-5-4-19(2)24(16-22)21-14-25(28-23-7-11-35-18-23)30-26(15-21)31-9-12-34-13-10-31;1-13-6-7-15(10-16(13)21-28-18(2,3)19(4,5)29-21)25-17(27)26-9-8-14(12-26)11-20(22,23)24;14-10-7-12(15-11-1-4-19-9-11)16-13(8-10)17-2-5-18-6-3-17;/h4-5,14-16,20,23H,3,6-13,17-18H2,1-2H3,(H,28,30)(H,29,33);6-7,10,14H,8-9,11-12H2,1-5H3,(H,25,27);7-8,11H,1-6,9H2,(H,15,16);1H2/t20-,23-;14-;11-;/m101./s1. The Bertz CT molecular complexity index is 2820. The minimum Gasteiger partial charge on any atom is -0.399 e. The summed E-state index contributed by atoms with van der Waals surface area (Å²) < 4.78 is 73.0. The van der Waals surface area contributed by atoms with E-state index in [0.29, 0.717) is 50.4 Å². The summed E-state index contributed by atoms with van der Waals surface area (Å²) in [6.07, 6.45) is -0.449. The molecule has 0 aliphatic carbocycles. The third kappa shape index (κ3) is 17.7. The van der Waals surface area contributed by atoms with E-state index < -0.39 is 42.9 Å². The van der Waals surface area contributed by atoms with E-state index in [1.807, 2.05) is 51.7 Å². The number of ether oxygens (including phenoxy) is 4. The monoisotopic (exact) mass is 1300 g/mol. The summed E-state index contributed by atoms with van der Waals surface area (Å²) in [5, 5.41) is 13.0. The minimum atomic E-state index is -4.20. The number of morpholine rings is 2. The van der Waals surface area contributed by atoms with E-state index in [-0.39, 0.29) is 32.1 Å². The van der Waals surface area contributed by atoms with Crippen molar-refractivity contribution in [2.75, 3.05) is 136 Å². The first-order valence-electron chi connectivity index (χ1n) is 29.5. The minimum absolute atomic E-state index is 0. The van der Waals surface area contributed by atoms with Crippen LogP contribution < -0.4 is 36.5 Å². The quantitative estimate of drug-likeness (QED) is 0.0779. The van der Waals surface area contributed by atoms with Crippen LogP contribution in [0, 0.1) is 29.3 Å². The van der Waals surface area contributed by atoms with Gasteiger partial charge in [-0.25, -0.2) is 19.6 Å². The Kier molecular flexibility index (Phi) is 22.7. The number of carbonyl (C=O) groups excluding carboxylic acids is 2. The molecule has 7 aliphatic rings. The van der Waals surface area contributed by atoms with Gasteiger partial charge in [-0.2, -0.15) is 26.7 Å². The van der Waals surface area contributed by atoms with E-state index in [1.165, 1.54) is 8.47 Å². The Morgan fingerprint density at radius 1 is 0.643 bits per heavy atom. The highest BCUT2D eigenvalue weighted by atomic mass is 127. The van der Waals surface area contributed by atoms with Gasteiger partial charge in [0.2, 0.25) is 0 Å². The van der Waals surface area contributed by atoms with Crippen LogP contribution in [0.4, 0.5) is 57.4 Å². The molecule has 7 saturated heterocycles. The van der Waals surface area contributed by atoms with Gasteiger partial charge >= 0.3 is 25.4 Å². The lowest BCUT2D eigenvalue weighted by Crippen LogP contribution is -2.41. The molecule has 0 spiro atoms. The van der Waals surface area contributed by atoms with Crippen molar-refractivity contribution in [2.24, 2.45) is 11.8 Å².